The number of amides is 2. The van der Waals surface area contributed by atoms with Crippen LogP contribution in [0.2, 0.25) is 0 Å². The Morgan fingerprint density at radius 2 is 1.97 bits per heavy atom. The summed E-state index contributed by atoms with van der Waals surface area (Å²) in [5.41, 5.74) is 1.89. The smallest absolute Gasteiger partial charge is 0.387 e. The fraction of sp³-hybridized carbons (Fsp3) is 0.391. The summed E-state index contributed by atoms with van der Waals surface area (Å²) < 4.78 is 43.4. The summed E-state index contributed by atoms with van der Waals surface area (Å²) in [6.07, 6.45) is 0.226. The van der Waals surface area contributed by atoms with Crippen molar-refractivity contribution in [3.63, 3.8) is 0 Å². The molecule has 0 spiro atoms. The minimum Gasteiger partial charge on any atom is -0.435 e. The van der Waals surface area contributed by atoms with Gasteiger partial charge in [0.2, 0.25) is 11.8 Å². The van der Waals surface area contributed by atoms with Crippen molar-refractivity contribution in [3.8, 4) is 5.75 Å². The van der Waals surface area contributed by atoms with Crippen LogP contribution in [0.3, 0.4) is 0 Å². The predicted octanol–water partition coefficient (Wildman–Crippen LogP) is 4.53. The molecule has 166 valence electrons. The Labute approximate surface area is 179 Å². The molecule has 0 radical (unpaired) electrons. The second kappa shape index (κ2) is 9.41. The molecule has 2 aromatic carbocycles. The van der Waals surface area contributed by atoms with Gasteiger partial charge in [0.15, 0.2) is 0 Å². The van der Waals surface area contributed by atoms with Crippen LogP contribution >= 0.6 is 0 Å². The third kappa shape index (κ3) is 5.37. The number of rotatable bonds is 7. The maximum Gasteiger partial charge on any atom is 0.387 e. The molecule has 31 heavy (non-hydrogen) atoms. The number of carbonyl (C=O) groups is 2. The van der Waals surface area contributed by atoms with Crippen LogP contribution in [0.1, 0.15) is 43.2 Å². The normalized spacial score (nSPS) is 16.3. The summed E-state index contributed by atoms with van der Waals surface area (Å²) in [6.45, 7) is 1.07. The van der Waals surface area contributed by atoms with Crippen molar-refractivity contribution in [1.29, 1.82) is 0 Å². The number of alkyl halides is 2. The molecule has 0 aliphatic carbocycles. The Morgan fingerprint density at radius 1 is 1.23 bits per heavy atom. The van der Waals surface area contributed by atoms with Gasteiger partial charge >= 0.3 is 6.61 Å². The number of benzene rings is 2. The van der Waals surface area contributed by atoms with E-state index >= 15 is 0 Å². The van der Waals surface area contributed by atoms with E-state index in [1.165, 1.54) is 41.1 Å². The zero-order valence-electron chi connectivity index (χ0n) is 17.6. The van der Waals surface area contributed by atoms with Gasteiger partial charge in [-0.2, -0.15) is 8.78 Å². The van der Waals surface area contributed by atoms with Crippen molar-refractivity contribution in [2.45, 2.75) is 38.7 Å². The van der Waals surface area contributed by atoms with Crippen LogP contribution in [0.4, 0.5) is 18.9 Å². The SMILES string of the molecule is CC(C)c1cc([C@@H]2CC(=O)N(CC(=O)N(C)c3cccc(F)c3)C2)ccc1OC(F)F. The molecule has 1 aliphatic heterocycles. The fourth-order valence-electron chi connectivity index (χ4n) is 3.72. The zero-order valence-corrected chi connectivity index (χ0v) is 17.6. The van der Waals surface area contributed by atoms with Gasteiger partial charge in [-0.05, 0) is 41.3 Å². The van der Waals surface area contributed by atoms with Gasteiger partial charge in [0.25, 0.3) is 0 Å². The molecular weight excluding hydrogens is 409 g/mol. The van der Waals surface area contributed by atoms with E-state index in [1.807, 2.05) is 13.8 Å². The lowest BCUT2D eigenvalue weighted by Gasteiger charge is -2.22. The van der Waals surface area contributed by atoms with Gasteiger partial charge in [0.05, 0.1) is 0 Å². The summed E-state index contributed by atoms with van der Waals surface area (Å²) in [6, 6.07) is 10.7. The minimum absolute atomic E-state index is 0.0385. The van der Waals surface area contributed by atoms with Crippen molar-refractivity contribution < 1.29 is 27.5 Å². The average Bonchev–Trinajstić information content (AvgIpc) is 3.07. The van der Waals surface area contributed by atoms with Crippen molar-refractivity contribution >= 4 is 17.5 Å². The number of hydrogen-bond donors (Lipinski definition) is 0. The lowest BCUT2D eigenvalue weighted by atomic mass is 9.92. The van der Waals surface area contributed by atoms with Crippen molar-refractivity contribution in [1.82, 2.24) is 4.90 Å². The van der Waals surface area contributed by atoms with E-state index in [0.29, 0.717) is 17.8 Å². The van der Waals surface area contributed by atoms with Gasteiger partial charge < -0.3 is 14.5 Å². The summed E-state index contributed by atoms with van der Waals surface area (Å²) in [4.78, 5) is 27.9. The number of halogens is 3. The van der Waals surface area contributed by atoms with Crippen LogP contribution in [0.5, 0.6) is 5.75 Å². The molecule has 0 N–H and O–H groups in total. The lowest BCUT2D eigenvalue weighted by molar-refractivity contribution is -0.132. The fourth-order valence-corrected chi connectivity index (χ4v) is 3.72. The Hall–Kier alpha value is -3.03. The molecule has 1 atom stereocenters. The first-order valence-corrected chi connectivity index (χ1v) is 10.0. The van der Waals surface area contributed by atoms with E-state index in [2.05, 4.69) is 4.74 Å². The topological polar surface area (TPSA) is 49.9 Å². The first-order valence-electron chi connectivity index (χ1n) is 10.0. The number of likely N-dealkylation sites (tertiary alicyclic amines) is 1. The highest BCUT2D eigenvalue weighted by Gasteiger charge is 2.33. The van der Waals surface area contributed by atoms with Gasteiger partial charge in [-0.15, -0.1) is 0 Å². The lowest BCUT2D eigenvalue weighted by Crippen LogP contribution is -2.39. The molecule has 1 heterocycles. The van der Waals surface area contributed by atoms with Crippen LogP contribution in [-0.2, 0) is 9.59 Å². The maximum absolute atomic E-state index is 13.4. The van der Waals surface area contributed by atoms with Gasteiger partial charge in [-0.25, -0.2) is 4.39 Å². The second-order valence-electron chi connectivity index (χ2n) is 7.94. The van der Waals surface area contributed by atoms with Crippen LogP contribution in [0, 0.1) is 5.82 Å². The van der Waals surface area contributed by atoms with Crippen LogP contribution in [0.25, 0.3) is 0 Å². The summed E-state index contributed by atoms with van der Waals surface area (Å²) >= 11 is 0. The quantitative estimate of drug-likeness (QED) is 0.644. The molecule has 2 aromatic rings. The molecule has 0 aromatic heterocycles. The Balaban J connectivity index is 1.71. The molecule has 8 heteroatoms. The number of hydrogen-bond acceptors (Lipinski definition) is 3. The highest BCUT2D eigenvalue weighted by molar-refractivity contribution is 5.96. The molecule has 1 fully saturated rings. The maximum atomic E-state index is 13.4. The molecule has 2 amide bonds. The minimum atomic E-state index is -2.91. The number of ether oxygens (including phenoxy) is 1. The molecule has 0 unspecified atom stereocenters. The first kappa shape index (κ1) is 22.7. The Bertz CT molecular complexity index is 965. The van der Waals surface area contributed by atoms with Crippen LogP contribution in [0.15, 0.2) is 42.5 Å². The average molecular weight is 434 g/mol. The molecule has 0 bridgehead atoms. The number of carbonyl (C=O) groups excluding carboxylic acids is 2. The van der Waals surface area contributed by atoms with E-state index in [0.717, 1.165) is 5.56 Å². The molecule has 5 nitrogen and oxygen atoms in total. The predicted molar refractivity (Wildman–Crippen MR) is 111 cm³/mol. The highest BCUT2D eigenvalue weighted by Crippen LogP contribution is 2.35. The Morgan fingerprint density at radius 3 is 2.61 bits per heavy atom. The zero-order chi connectivity index (χ0) is 22.7. The van der Waals surface area contributed by atoms with Crippen LogP contribution in [-0.4, -0.2) is 43.5 Å². The van der Waals surface area contributed by atoms with Gasteiger partial charge in [-0.3, -0.25) is 9.59 Å². The first-order chi connectivity index (χ1) is 14.7. The molecule has 3 rings (SSSR count). The standard InChI is InChI=1S/C23H25F3N2O3/c1-14(2)19-9-15(7-8-20(19)31-23(25)26)16-10-21(29)28(12-16)13-22(30)27(3)18-6-4-5-17(24)11-18/h4-9,11,14,16,23H,10,12-13H2,1-3H3/t16-/m1/s1. The third-order valence-electron chi connectivity index (χ3n) is 5.45. The number of likely N-dealkylation sites (N-methyl/N-ethyl adjacent to an activating group) is 1. The van der Waals surface area contributed by atoms with Gasteiger partial charge in [0.1, 0.15) is 18.1 Å². The number of anilines is 1. The second-order valence-corrected chi connectivity index (χ2v) is 7.94. The van der Waals surface area contributed by atoms with Crippen molar-refractivity contribution in [2.24, 2.45) is 0 Å². The van der Waals surface area contributed by atoms with E-state index < -0.39 is 12.4 Å². The van der Waals surface area contributed by atoms with E-state index in [4.69, 9.17) is 0 Å². The monoisotopic (exact) mass is 434 g/mol. The molecular formula is C23H25F3N2O3. The van der Waals surface area contributed by atoms with Gasteiger partial charge in [0, 0.05) is 31.6 Å². The molecule has 0 saturated carbocycles. The number of nitrogens with zero attached hydrogens (tertiary/aromatic N) is 2. The third-order valence-corrected chi connectivity index (χ3v) is 5.45. The van der Waals surface area contributed by atoms with E-state index in [9.17, 15) is 22.8 Å². The van der Waals surface area contributed by atoms with Crippen LogP contribution < -0.4 is 9.64 Å². The Kier molecular flexibility index (Phi) is 6.87. The van der Waals surface area contributed by atoms with Gasteiger partial charge in [-0.1, -0.05) is 32.0 Å². The molecule has 1 saturated heterocycles. The van der Waals surface area contributed by atoms with E-state index in [-0.39, 0.29) is 42.4 Å². The summed E-state index contributed by atoms with van der Waals surface area (Å²) in [5.74, 6) is -1.01. The van der Waals surface area contributed by atoms with Crippen molar-refractivity contribution in [3.05, 3.63) is 59.4 Å². The summed E-state index contributed by atoms with van der Waals surface area (Å²) in [7, 11) is 1.53. The summed E-state index contributed by atoms with van der Waals surface area (Å²) in [5, 5.41) is 0. The largest absolute Gasteiger partial charge is 0.435 e. The highest BCUT2D eigenvalue weighted by atomic mass is 19.3. The molecule has 1 aliphatic rings. The van der Waals surface area contributed by atoms with E-state index in [1.54, 1.807) is 18.2 Å². The van der Waals surface area contributed by atoms with Crippen molar-refractivity contribution in [2.75, 3.05) is 25.0 Å².